The second-order valence-corrected chi connectivity index (χ2v) is 11.9. The fourth-order valence-electron chi connectivity index (χ4n) is 5.91. The number of likely N-dealkylation sites (tertiary alicyclic amines) is 1. The molecule has 3 heterocycles. The number of carbonyl (C=O) groups excluding carboxylic acids is 2. The predicted molar refractivity (Wildman–Crippen MR) is 153 cm³/mol. The molecule has 0 spiro atoms. The highest BCUT2D eigenvalue weighted by molar-refractivity contribution is 5.83. The first-order valence-corrected chi connectivity index (χ1v) is 14.2. The summed E-state index contributed by atoms with van der Waals surface area (Å²) in [7, 11) is 2.07. The van der Waals surface area contributed by atoms with Crippen molar-refractivity contribution in [3.8, 4) is 6.07 Å². The molecule has 4 atom stereocenters. The highest BCUT2D eigenvalue weighted by Gasteiger charge is 2.43. The van der Waals surface area contributed by atoms with Crippen molar-refractivity contribution in [1.82, 2.24) is 24.6 Å². The van der Waals surface area contributed by atoms with Gasteiger partial charge >= 0.3 is 0 Å². The average molecular weight is 533 g/mol. The third kappa shape index (κ3) is 6.71. The van der Waals surface area contributed by atoms with Crippen LogP contribution < -0.4 is 5.32 Å². The minimum absolute atomic E-state index is 0.0899. The third-order valence-electron chi connectivity index (χ3n) is 8.31. The number of nitrogens with one attached hydrogen (secondary N) is 1. The van der Waals surface area contributed by atoms with Gasteiger partial charge in [-0.2, -0.15) is 5.26 Å². The summed E-state index contributed by atoms with van der Waals surface area (Å²) in [4.78, 5) is 34.0. The molecule has 2 saturated heterocycles. The van der Waals surface area contributed by atoms with Crippen molar-refractivity contribution in [2.24, 2.45) is 13.0 Å². The summed E-state index contributed by atoms with van der Waals surface area (Å²) in [6, 6.07) is 13.9. The van der Waals surface area contributed by atoms with Crippen LogP contribution in [-0.4, -0.2) is 74.9 Å². The van der Waals surface area contributed by atoms with Crippen molar-refractivity contribution >= 4 is 11.8 Å². The summed E-state index contributed by atoms with van der Waals surface area (Å²) in [5.41, 5.74) is 3.87. The van der Waals surface area contributed by atoms with Crippen molar-refractivity contribution in [2.75, 3.05) is 19.6 Å². The molecule has 0 aliphatic carbocycles. The number of benzene rings is 1. The van der Waals surface area contributed by atoms with Crippen LogP contribution in [0.4, 0.5) is 0 Å². The van der Waals surface area contributed by atoms with Gasteiger partial charge in [-0.1, -0.05) is 26.0 Å². The molecule has 2 fully saturated rings. The van der Waals surface area contributed by atoms with E-state index in [4.69, 9.17) is 0 Å². The first-order chi connectivity index (χ1) is 18.6. The van der Waals surface area contributed by atoms with Gasteiger partial charge in [-0.15, -0.1) is 0 Å². The Morgan fingerprint density at radius 1 is 1.18 bits per heavy atom. The van der Waals surface area contributed by atoms with Crippen LogP contribution >= 0.6 is 0 Å². The van der Waals surface area contributed by atoms with E-state index in [0.29, 0.717) is 44.6 Å². The van der Waals surface area contributed by atoms with Crippen LogP contribution in [-0.2, 0) is 29.7 Å². The number of aryl methyl sites for hydroxylation is 1. The van der Waals surface area contributed by atoms with Gasteiger partial charge in [-0.25, -0.2) is 0 Å². The predicted octanol–water partition coefficient (Wildman–Crippen LogP) is 3.43. The van der Waals surface area contributed by atoms with E-state index in [1.54, 1.807) is 6.07 Å². The lowest BCUT2D eigenvalue weighted by Gasteiger charge is -2.40. The SMILES string of the molecule is Cc1ccc(CN2CC(N(Cc3cccc(C#N)c3)C(=O)CC(C)C)CC2C(=O)N2CC(C)NCC2C)n1C. The van der Waals surface area contributed by atoms with Gasteiger partial charge in [0.1, 0.15) is 0 Å². The van der Waals surface area contributed by atoms with Gasteiger partial charge in [0.2, 0.25) is 11.8 Å². The quantitative estimate of drug-likeness (QED) is 0.563. The molecule has 1 aromatic carbocycles. The topological polar surface area (TPSA) is 84.6 Å². The molecule has 0 radical (unpaired) electrons. The van der Waals surface area contributed by atoms with E-state index < -0.39 is 0 Å². The number of hydrogen-bond acceptors (Lipinski definition) is 5. The molecule has 8 nitrogen and oxygen atoms in total. The van der Waals surface area contributed by atoms with Gasteiger partial charge in [-0.05, 0) is 62.9 Å². The van der Waals surface area contributed by atoms with Crippen molar-refractivity contribution in [3.05, 3.63) is 58.9 Å². The minimum Gasteiger partial charge on any atom is -0.351 e. The molecule has 0 saturated carbocycles. The smallest absolute Gasteiger partial charge is 0.240 e. The standard InChI is InChI=1S/C31H44N6O2/c1-21(2)12-30(38)37(18-26-9-7-8-25(13-26)15-32)28-14-29(31(39)36-17-22(3)33-16-24(36)5)35(20-28)19-27-11-10-23(4)34(27)6/h7-11,13,21-22,24,28-29,33H,12,14,16-20H2,1-6H3. The van der Waals surface area contributed by atoms with Gasteiger partial charge in [0.15, 0.2) is 0 Å². The van der Waals surface area contributed by atoms with Gasteiger partial charge in [-0.3, -0.25) is 14.5 Å². The zero-order valence-corrected chi connectivity index (χ0v) is 24.4. The van der Waals surface area contributed by atoms with Crippen molar-refractivity contribution in [2.45, 2.75) is 84.7 Å². The number of aromatic nitrogens is 1. The molecular formula is C31H44N6O2. The number of hydrogen-bond donors (Lipinski definition) is 1. The maximum absolute atomic E-state index is 14.1. The third-order valence-corrected chi connectivity index (χ3v) is 8.31. The summed E-state index contributed by atoms with van der Waals surface area (Å²) < 4.78 is 2.18. The minimum atomic E-state index is -0.294. The number of nitrogens with zero attached hydrogens (tertiary/aromatic N) is 5. The van der Waals surface area contributed by atoms with Gasteiger partial charge in [0.05, 0.1) is 17.7 Å². The van der Waals surface area contributed by atoms with E-state index >= 15 is 0 Å². The van der Waals surface area contributed by atoms with E-state index in [2.05, 4.69) is 74.7 Å². The molecule has 2 aliphatic rings. The van der Waals surface area contributed by atoms with E-state index in [1.807, 2.05) is 28.0 Å². The van der Waals surface area contributed by atoms with Crippen LogP contribution in [0.1, 0.15) is 63.1 Å². The van der Waals surface area contributed by atoms with Crippen LogP contribution in [0.3, 0.4) is 0 Å². The number of piperazine rings is 1. The molecule has 4 rings (SSSR count). The Morgan fingerprint density at radius 3 is 2.62 bits per heavy atom. The summed E-state index contributed by atoms with van der Waals surface area (Å²) in [5, 5.41) is 12.9. The lowest BCUT2D eigenvalue weighted by Crippen LogP contribution is -2.59. The normalized spacial score (nSPS) is 23.7. The molecule has 8 heteroatoms. The molecule has 39 heavy (non-hydrogen) atoms. The van der Waals surface area contributed by atoms with E-state index in [9.17, 15) is 14.9 Å². The Hall–Kier alpha value is -3.15. The molecule has 0 bridgehead atoms. The number of rotatable bonds is 8. The van der Waals surface area contributed by atoms with Crippen LogP contribution in [0.15, 0.2) is 36.4 Å². The Kier molecular flexibility index (Phi) is 9.14. The largest absolute Gasteiger partial charge is 0.351 e. The van der Waals surface area contributed by atoms with Crippen molar-refractivity contribution in [3.63, 3.8) is 0 Å². The van der Waals surface area contributed by atoms with Crippen LogP contribution in [0.5, 0.6) is 0 Å². The molecule has 2 amide bonds. The first-order valence-electron chi connectivity index (χ1n) is 14.2. The zero-order valence-electron chi connectivity index (χ0n) is 24.4. The Bertz CT molecular complexity index is 1210. The maximum Gasteiger partial charge on any atom is 0.240 e. The zero-order chi connectivity index (χ0) is 28.3. The maximum atomic E-state index is 14.1. The highest BCUT2D eigenvalue weighted by atomic mass is 16.2. The van der Waals surface area contributed by atoms with Crippen LogP contribution in [0.2, 0.25) is 0 Å². The molecule has 210 valence electrons. The van der Waals surface area contributed by atoms with Crippen molar-refractivity contribution in [1.29, 1.82) is 5.26 Å². The summed E-state index contributed by atoms with van der Waals surface area (Å²) in [5.74, 6) is 0.492. The second-order valence-electron chi connectivity index (χ2n) is 11.9. The molecule has 1 aromatic heterocycles. The monoisotopic (exact) mass is 532 g/mol. The molecule has 2 aromatic rings. The van der Waals surface area contributed by atoms with E-state index in [-0.39, 0.29) is 41.9 Å². The number of carbonyl (C=O) groups is 2. The Balaban J connectivity index is 1.64. The fourth-order valence-corrected chi connectivity index (χ4v) is 5.91. The molecular weight excluding hydrogens is 488 g/mol. The second kappa shape index (κ2) is 12.4. The summed E-state index contributed by atoms with van der Waals surface area (Å²) in [6.45, 7) is 13.6. The van der Waals surface area contributed by atoms with Gasteiger partial charge in [0.25, 0.3) is 0 Å². The summed E-state index contributed by atoms with van der Waals surface area (Å²) in [6.07, 6.45) is 1.06. The van der Waals surface area contributed by atoms with Crippen molar-refractivity contribution < 1.29 is 9.59 Å². The van der Waals surface area contributed by atoms with E-state index in [1.165, 1.54) is 5.69 Å². The first kappa shape index (κ1) is 28.8. The number of nitriles is 1. The Morgan fingerprint density at radius 2 is 1.95 bits per heavy atom. The highest BCUT2D eigenvalue weighted by Crippen LogP contribution is 2.29. The molecule has 2 aliphatic heterocycles. The fraction of sp³-hybridized carbons (Fsp3) is 0.581. The average Bonchev–Trinajstić information content (AvgIpc) is 3.46. The van der Waals surface area contributed by atoms with Gasteiger partial charge < -0.3 is 19.7 Å². The van der Waals surface area contributed by atoms with Crippen LogP contribution in [0.25, 0.3) is 0 Å². The Labute approximate surface area is 233 Å². The van der Waals surface area contributed by atoms with Crippen LogP contribution in [0, 0.1) is 24.2 Å². The summed E-state index contributed by atoms with van der Waals surface area (Å²) >= 11 is 0. The lowest BCUT2D eigenvalue weighted by molar-refractivity contribution is -0.140. The van der Waals surface area contributed by atoms with Gasteiger partial charge in [0, 0.05) is 75.7 Å². The van der Waals surface area contributed by atoms with E-state index in [0.717, 1.165) is 17.8 Å². The molecule has 1 N–H and O–H groups in total. The molecule has 4 unspecified atom stereocenters. The number of amides is 2. The lowest BCUT2D eigenvalue weighted by atomic mass is 10.0.